The first-order valence-electron chi connectivity index (χ1n) is 6.35. The lowest BCUT2D eigenvalue weighted by atomic mass is 10.1. The summed E-state index contributed by atoms with van der Waals surface area (Å²) in [5.74, 6) is -11.4. The maximum Gasteiger partial charge on any atom is 0.504 e. The van der Waals surface area contributed by atoms with Crippen LogP contribution in [0.1, 0.15) is 25.7 Å². The van der Waals surface area contributed by atoms with Crippen LogP contribution < -0.4 is 0 Å². The van der Waals surface area contributed by atoms with Crippen molar-refractivity contribution >= 4 is 8.03 Å². The van der Waals surface area contributed by atoms with Gasteiger partial charge in [0, 0.05) is 6.61 Å². The van der Waals surface area contributed by atoms with Crippen LogP contribution in [0.2, 0.25) is 0 Å². The first kappa shape index (κ1) is 21.5. The van der Waals surface area contributed by atoms with Gasteiger partial charge in [-0.25, -0.2) is 0 Å². The highest BCUT2D eigenvalue weighted by molar-refractivity contribution is 7.38. The van der Waals surface area contributed by atoms with E-state index >= 15 is 0 Å². The molecule has 11 heteroatoms. The average molecular weight is 361 g/mol. The summed E-state index contributed by atoms with van der Waals surface area (Å²) in [6.45, 7) is -0.701. The molecule has 0 spiro atoms. The molecule has 1 unspecified atom stereocenters. The number of ether oxygens (including phenoxy) is 1. The topological polar surface area (TPSA) is 35.5 Å². The predicted molar refractivity (Wildman–Crippen MR) is 64.7 cm³/mol. The number of unbranched alkanes of at least 4 members (excludes halogenated alkanes) is 3. The molecule has 0 N–H and O–H groups in total. The van der Waals surface area contributed by atoms with Crippen LogP contribution in [0.5, 0.6) is 0 Å². The number of hydrogen-bond donors (Lipinski definition) is 0. The third-order valence-corrected chi connectivity index (χ3v) is 3.10. The smallest absolute Gasteiger partial charge is 0.375 e. The van der Waals surface area contributed by atoms with E-state index in [1.165, 1.54) is 6.66 Å². The fraction of sp³-hybridized carbons (Fsp3) is 1.00. The first-order valence-corrected chi connectivity index (χ1v) is 7.98. The maximum absolute atomic E-state index is 12.8. The largest absolute Gasteiger partial charge is 0.504 e. The van der Waals surface area contributed by atoms with Gasteiger partial charge < -0.3 is 4.74 Å². The zero-order chi connectivity index (χ0) is 17.4. The lowest BCUT2D eigenvalue weighted by Gasteiger charge is -2.27. The van der Waals surface area contributed by atoms with E-state index in [1.807, 2.05) is 0 Å². The van der Waals surface area contributed by atoms with Gasteiger partial charge in [-0.2, -0.15) is 30.7 Å². The Kier molecular flexibility index (Phi) is 8.79. The Labute approximate surface area is 124 Å². The van der Waals surface area contributed by atoms with Crippen molar-refractivity contribution in [1.82, 2.24) is 0 Å². The fourth-order valence-electron chi connectivity index (χ4n) is 1.35. The molecule has 0 aliphatic heterocycles. The summed E-state index contributed by atoms with van der Waals surface area (Å²) in [6.07, 6.45) is -4.45. The summed E-state index contributed by atoms with van der Waals surface area (Å²) in [5, 5.41) is 0. The summed E-state index contributed by atoms with van der Waals surface area (Å²) in [7, 11) is -1.69. The van der Waals surface area contributed by atoms with E-state index in [-0.39, 0.29) is 19.6 Å². The highest BCUT2D eigenvalue weighted by atomic mass is 31.1. The summed E-state index contributed by atoms with van der Waals surface area (Å²) in [5.41, 5.74) is 0. The molecule has 3 nitrogen and oxygen atoms in total. The Morgan fingerprint density at radius 1 is 0.864 bits per heavy atom. The summed E-state index contributed by atoms with van der Waals surface area (Å²) >= 11 is 0. The predicted octanol–water partition coefficient (Wildman–Crippen LogP) is 4.79. The van der Waals surface area contributed by atoms with Crippen LogP contribution in [-0.4, -0.2) is 44.5 Å². The Hall–Kier alpha value is -0.470. The Morgan fingerprint density at radius 2 is 1.36 bits per heavy atom. The van der Waals surface area contributed by atoms with Crippen molar-refractivity contribution in [3.8, 4) is 0 Å². The third-order valence-electron chi connectivity index (χ3n) is 2.55. The molecular formula is C11H17F7O3P+. The van der Waals surface area contributed by atoms with Gasteiger partial charge in [0.05, 0.1) is 0 Å². The normalized spacial score (nSPS) is 14.3. The van der Waals surface area contributed by atoms with Crippen LogP contribution in [0.4, 0.5) is 30.7 Å². The van der Waals surface area contributed by atoms with Gasteiger partial charge in [-0.05, 0) is 17.4 Å². The van der Waals surface area contributed by atoms with Gasteiger partial charge in [-0.1, -0.05) is 12.8 Å². The molecule has 0 aromatic rings. The molecule has 0 amide bonds. The summed E-state index contributed by atoms with van der Waals surface area (Å²) < 4.78 is 106. The van der Waals surface area contributed by atoms with Crippen LogP contribution in [0.3, 0.4) is 0 Å². The molecule has 0 aliphatic rings. The Morgan fingerprint density at radius 3 is 1.82 bits per heavy atom. The molecule has 0 radical (unpaired) electrons. The minimum atomic E-state index is -6.33. The van der Waals surface area contributed by atoms with Gasteiger partial charge in [0.25, 0.3) is 0 Å². The maximum atomic E-state index is 12.8. The quantitative estimate of drug-likeness (QED) is 0.302. The molecule has 0 saturated carbocycles. The molecule has 0 aromatic heterocycles. The standard InChI is InChI=1S/C11H17F7O3P/c1-22(19)21-7-5-3-2-4-6-20-8-9(12,13)10(14,15)11(16,17)18/h2-8H2,1H3/q+1. The minimum Gasteiger partial charge on any atom is -0.375 e. The molecule has 0 fully saturated rings. The number of halogens is 7. The van der Waals surface area contributed by atoms with Crippen molar-refractivity contribution in [2.24, 2.45) is 0 Å². The molecule has 0 rings (SSSR count). The van der Waals surface area contributed by atoms with Crippen molar-refractivity contribution in [2.75, 3.05) is 26.5 Å². The molecule has 132 valence electrons. The average Bonchev–Trinajstić information content (AvgIpc) is 2.34. The summed E-state index contributed by atoms with van der Waals surface area (Å²) in [4.78, 5) is 0. The van der Waals surface area contributed by atoms with E-state index in [1.54, 1.807) is 0 Å². The van der Waals surface area contributed by atoms with Gasteiger partial charge in [-0.3, -0.25) is 0 Å². The molecule has 22 heavy (non-hydrogen) atoms. The lowest BCUT2D eigenvalue weighted by Crippen LogP contribution is -2.54. The van der Waals surface area contributed by atoms with E-state index in [2.05, 4.69) is 4.74 Å². The van der Waals surface area contributed by atoms with Crippen LogP contribution >= 0.6 is 8.03 Å². The van der Waals surface area contributed by atoms with Crippen molar-refractivity contribution in [2.45, 2.75) is 43.7 Å². The second kappa shape index (κ2) is 8.98. The lowest BCUT2D eigenvalue weighted by molar-refractivity contribution is -0.361. The van der Waals surface area contributed by atoms with E-state index in [9.17, 15) is 35.3 Å². The summed E-state index contributed by atoms with van der Waals surface area (Å²) in [6, 6.07) is 0. The molecular weight excluding hydrogens is 344 g/mol. The second-order valence-corrected chi connectivity index (χ2v) is 5.65. The van der Waals surface area contributed by atoms with Crippen LogP contribution in [-0.2, 0) is 13.8 Å². The van der Waals surface area contributed by atoms with Gasteiger partial charge in [-0.15, -0.1) is 4.52 Å². The van der Waals surface area contributed by atoms with E-state index in [0.29, 0.717) is 19.3 Å². The van der Waals surface area contributed by atoms with Crippen molar-refractivity contribution in [1.29, 1.82) is 0 Å². The molecule has 0 saturated heterocycles. The van der Waals surface area contributed by atoms with Gasteiger partial charge in [0.1, 0.15) is 13.2 Å². The molecule has 0 heterocycles. The Bertz CT molecular complexity index is 347. The molecule has 0 aliphatic carbocycles. The zero-order valence-corrected chi connectivity index (χ0v) is 12.7. The van der Waals surface area contributed by atoms with E-state index in [4.69, 9.17) is 4.52 Å². The first-order chi connectivity index (χ1) is 9.92. The third kappa shape index (κ3) is 7.19. The van der Waals surface area contributed by atoms with E-state index < -0.39 is 32.7 Å². The van der Waals surface area contributed by atoms with Crippen molar-refractivity contribution in [3.05, 3.63) is 0 Å². The minimum absolute atomic E-state index is 0.228. The van der Waals surface area contributed by atoms with Crippen molar-refractivity contribution < 1.29 is 44.6 Å². The monoisotopic (exact) mass is 361 g/mol. The second-order valence-electron chi connectivity index (χ2n) is 4.52. The highest BCUT2D eigenvalue weighted by Crippen LogP contribution is 2.46. The fourth-order valence-corrected chi connectivity index (χ4v) is 1.74. The molecule has 0 bridgehead atoms. The molecule has 1 atom stereocenters. The zero-order valence-electron chi connectivity index (χ0n) is 11.8. The van der Waals surface area contributed by atoms with E-state index in [0.717, 1.165) is 0 Å². The van der Waals surface area contributed by atoms with Gasteiger partial charge in [0.15, 0.2) is 6.66 Å². The highest BCUT2D eigenvalue weighted by Gasteiger charge is 2.72. The number of rotatable bonds is 11. The number of hydrogen-bond acceptors (Lipinski definition) is 3. The SMILES string of the molecule is C[P+](=O)OCCCCCCOCC(F)(F)C(F)(F)C(F)(F)F. The van der Waals surface area contributed by atoms with Crippen LogP contribution in [0.15, 0.2) is 0 Å². The van der Waals surface area contributed by atoms with Crippen LogP contribution in [0, 0.1) is 0 Å². The van der Waals surface area contributed by atoms with Crippen LogP contribution in [0.25, 0.3) is 0 Å². The Balaban J connectivity index is 3.85. The molecule has 0 aromatic carbocycles. The van der Waals surface area contributed by atoms with Gasteiger partial charge >= 0.3 is 26.0 Å². The van der Waals surface area contributed by atoms with Gasteiger partial charge in [0.2, 0.25) is 0 Å². The van der Waals surface area contributed by atoms with Crippen molar-refractivity contribution in [3.63, 3.8) is 0 Å². The number of alkyl halides is 7.